The van der Waals surface area contributed by atoms with Crippen molar-refractivity contribution >= 4 is 26.7 Å². The Hall–Kier alpha value is -1.13. The molecule has 0 atom stereocenters. The highest BCUT2D eigenvalue weighted by atomic mass is 35.5. The van der Waals surface area contributed by atoms with Gasteiger partial charge in [0.1, 0.15) is 0 Å². The molecule has 1 aromatic carbocycles. The largest absolute Gasteiger partial charge is 0.276 e. The van der Waals surface area contributed by atoms with Crippen molar-refractivity contribution in [2.75, 3.05) is 6.26 Å². The Morgan fingerprint density at radius 3 is 2.47 bits per heavy atom. The van der Waals surface area contributed by atoms with Crippen molar-refractivity contribution in [3.63, 3.8) is 0 Å². The second kappa shape index (κ2) is 6.35. The van der Waals surface area contributed by atoms with E-state index in [0.717, 1.165) is 18.2 Å². The standard InChI is InChI=1S/C14H17ClO3S/c1-4-5-6-7-11-8-10(2)12(14(15)16)9-13(11)19(3,17)18/h4-5,8-9H,6-7H2,1-3H3. The van der Waals surface area contributed by atoms with E-state index >= 15 is 0 Å². The van der Waals surface area contributed by atoms with E-state index in [4.69, 9.17) is 11.6 Å². The van der Waals surface area contributed by atoms with Crippen molar-refractivity contribution in [1.29, 1.82) is 0 Å². The predicted molar refractivity (Wildman–Crippen MR) is 77.6 cm³/mol. The Kier molecular flexibility index (Phi) is 5.32. The number of allylic oxidation sites excluding steroid dienone is 2. The van der Waals surface area contributed by atoms with E-state index in [0.29, 0.717) is 12.0 Å². The first-order chi connectivity index (χ1) is 8.77. The minimum atomic E-state index is -3.38. The predicted octanol–water partition coefficient (Wildman–Crippen LogP) is 3.29. The second-order valence-corrected chi connectivity index (χ2v) is 6.76. The molecule has 0 radical (unpaired) electrons. The summed E-state index contributed by atoms with van der Waals surface area (Å²) < 4.78 is 23.6. The highest BCUT2D eigenvalue weighted by Gasteiger charge is 2.17. The van der Waals surface area contributed by atoms with Crippen LogP contribution in [0.4, 0.5) is 0 Å². The summed E-state index contributed by atoms with van der Waals surface area (Å²) in [5.41, 5.74) is 1.67. The number of rotatable bonds is 5. The third-order valence-electron chi connectivity index (χ3n) is 2.83. The van der Waals surface area contributed by atoms with Crippen LogP contribution in [0.2, 0.25) is 0 Å². The topological polar surface area (TPSA) is 51.2 Å². The van der Waals surface area contributed by atoms with E-state index in [1.54, 1.807) is 13.0 Å². The van der Waals surface area contributed by atoms with Gasteiger partial charge in [0, 0.05) is 11.8 Å². The van der Waals surface area contributed by atoms with Crippen molar-refractivity contribution in [2.45, 2.75) is 31.6 Å². The van der Waals surface area contributed by atoms with Gasteiger partial charge in [-0.3, -0.25) is 4.79 Å². The highest BCUT2D eigenvalue weighted by Crippen LogP contribution is 2.23. The first kappa shape index (κ1) is 15.9. The fraction of sp³-hybridized carbons (Fsp3) is 0.357. The van der Waals surface area contributed by atoms with Crippen molar-refractivity contribution in [1.82, 2.24) is 0 Å². The Morgan fingerprint density at radius 2 is 2.00 bits per heavy atom. The van der Waals surface area contributed by atoms with Crippen LogP contribution < -0.4 is 0 Å². The van der Waals surface area contributed by atoms with Crippen molar-refractivity contribution in [3.8, 4) is 0 Å². The van der Waals surface area contributed by atoms with Crippen LogP contribution in [0.15, 0.2) is 29.2 Å². The van der Waals surface area contributed by atoms with Gasteiger partial charge < -0.3 is 0 Å². The maximum absolute atomic E-state index is 11.8. The number of benzene rings is 1. The molecule has 0 bridgehead atoms. The molecule has 0 amide bonds. The lowest BCUT2D eigenvalue weighted by Gasteiger charge is -2.11. The third kappa shape index (κ3) is 4.18. The van der Waals surface area contributed by atoms with Crippen LogP contribution >= 0.6 is 11.6 Å². The minimum absolute atomic E-state index is 0.187. The zero-order valence-corrected chi connectivity index (χ0v) is 12.8. The molecule has 0 unspecified atom stereocenters. The van der Waals surface area contributed by atoms with E-state index in [2.05, 4.69) is 0 Å². The molecule has 0 fully saturated rings. The number of hydrogen-bond acceptors (Lipinski definition) is 3. The summed E-state index contributed by atoms with van der Waals surface area (Å²) in [6, 6.07) is 3.11. The summed E-state index contributed by atoms with van der Waals surface area (Å²) in [7, 11) is -3.38. The van der Waals surface area contributed by atoms with Gasteiger partial charge in [0.15, 0.2) is 9.84 Å². The molecule has 0 aliphatic carbocycles. The molecule has 1 rings (SSSR count). The summed E-state index contributed by atoms with van der Waals surface area (Å²) in [4.78, 5) is 11.5. The van der Waals surface area contributed by atoms with Gasteiger partial charge in [-0.1, -0.05) is 18.2 Å². The second-order valence-electron chi connectivity index (χ2n) is 4.43. The van der Waals surface area contributed by atoms with Crippen molar-refractivity contribution in [2.24, 2.45) is 0 Å². The Balaban J connectivity index is 3.37. The average molecular weight is 301 g/mol. The van der Waals surface area contributed by atoms with Crippen LogP contribution in [-0.2, 0) is 16.3 Å². The lowest BCUT2D eigenvalue weighted by molar-refractivity contribution is 0.108. The molecule has 19 heavy (non-hydrogen) atoms. The smallest absolute Gasteiger partial charge is 0.252 e. The number of carbonyl (C=O) groups excluding carboxylic acids is 1. The van der Waals surface area contributed by atoms with E-state index in [9.17, 15) is 13.2 Å². The molecule has 0 saturated heterocycles. The number of hydrogen-bond donors (Lipinski definition) is 0. The monoisotopic (exact) mass is 300 g/mol. The quantitative estimate of drug-likeness (QED) is 0.619. The molecule has 0 N–H and O–H groups in total. The molecule has 5 heteroatoms. The molecule has 104 valence electrons. The van der Waals surface area contributed by atoms with Gasteiger partial charge in [0.25, 0.3) is 5.24 Å². The normalized spacial score (nSPS) is 12.0. The minimum Gasteiger partial charge on any atom is -0.276 e. The Morgan fingerprint density at radius 1 is 1.37 bits per heavy atom. The fourth-order valence-corrected chi connectivity index (χ4v) is 3.08. The molecule has 0 spiro atoms. The molecule has 1 aromatic rings. The van der Waals surface area contributed by atoms with E-state index < -0.39 is 15.1 Å². The fourth-order valence-electron chi connectivity index (χ4n) is 1.91. The van der Waals surface area contributed by atoms with Gasteiger partial charge in [-0.05, 0) is 55.5 Å². The van der Waals surface area contributed by atoms with Gasteiger partial charge >= 0.3 is 0 Å². The van der Waals surface area contributed by atoms with Crippen LogP contribution in [-0.4, -0.2) is 19.9 Å². The molecule has 0 aromatic heterocycles. The zero-order valence-electron chi connectivity index (χ0n) is 11.2. The summed E-state index contributed by atoms with van der Waals surface area (Å²) in [6.45, 7) is 3.67. The summed E-state index contributed by atoms with van der Waals surface area (Å²) >= 11 is 5.46. The maximum atomic E-state index is 11.8. The van der Waals surface area contributed by atoms with E-state index in [-0.39, 0.29) is 10.5 Å². The lowest BCUT2D eigenvalue weighted by Crippen LogP contribution is -2.06. The first-order valence-corrected chi connectivity index (χ1v) is 8.19. The summed E-state index contributed by atoms with van der Waals surface area (Å²) in [5.74, 6) is 0. The van der Waals surface area contributed by atoms with Gasteiger partial charge in [-0.25, -0.2) is 8.42 Å². The van der Waals surface area contributed by atoms with Crippen molar-refractivity contribution in [3.05, 3.63) is 41.0 Å². The average Bonchev–Trinajstić information content (AvgIpc) is 2.27. The number of carbonyl (C=O) groups is 1. The molecular weight excluding hydrogens is 284 g/mol. The number of halogens is 1. The number of sulfone groups is 1. The highest BCUT2D eigenvalue weighted by molar-refractivity contribution is 7.90. The van der Waals surface area contributed by atoms with E-state index in [1.807, 2.05) is 19.1 Å². The lowest BCUT2D eigenvalue weighted by atomic mass is 10.0. The number of aryl methyl sites for hydroxylation is 2. The zero-order chi connectivity index (χ0) is 14.6. The third-order valence-corrected chi connectivity index (χ3v) is 4.22. The van der Waals surface area contributed by atoms with Crippen LogP contribution in [0.3, 0.4) is 0 Å². The molecule has 0 saturated carbocycles. The van der Waals surface area contributed by atoms with Crippen LogP contribution in [0.25, 0.3) is 0 Å². The molecule has 0 aliphatic heterocycles. The summed E-state index contributed by atoms with van der Waals surface area (Å²) in [5, 5.41) is -0.637. The van der Waals surface area contributed by atoms with Gasteiger partial charge in [0.2, 0.25) is 0 Å². The maximum Gasteiger partial charge on any atom is 0.252 e. The Labute approximate surface area is 119 Å². The Bertz CT molecular complexity index is 616. The van der Waals surface area contributed by atoms with Gasteiger partial charge in [-0.15, -0.1) is 0 Å². The van der Waals surface area contributed by atoms with Crippen LogP contribution in [0, 0.1) is 6.92 Å². The van der Waals surface area contributed by atoms with E-state index in [1.165, 1.54) is 6.07 Å². The molecule has 0 heterocycles. The van der Waals surface area contributed by atoms with Crippen LogP contribution in [0.5, 0.6) is 0 Å². The van der Waals surface area contributed by atoms with Crippen molar-refractivity contribution < 1.29 is 13.2 Å². The van der Waals surface area contributed by atoms with Gasteiger partial charge in [-0.2, -0.15) is 0 Å². The van der Waals surface area contributed by atoms with Gasteiger partial charge in [0.05, 0.1) is 4.90 Å². The molecular formula is C14H17ClO3S. The first-order valence-electron chi connectivity index (χ1n) is 5.92. The summed E-state index contributed by atoms with van der Waals surface area (Å²) in [6.07, 6.45) is 6.40. The molecule has 0 aliphatic rings. The molecule has 3 nitrogen and oxygen atoms in total. The van der Waals surface area contributed by atoms with Crippen LogP contribution in [0.1, 0.15) is 34.8 Å². The SMILES string of the molecule is CC=CCCc1cc(C)c(C(=O)Cl)cc1S(C)(=O)=O.